The number of halogens is 2. The number of hydrogen-bond donors (Lipinski definition) is 0. The molecule has 0 atom stereocenters. The average molecular weight is 158 g/mol. The van der Waals surface area contributed by atoms with Gasteiger partial charge in [0.05, 0.1) is 5.41 Å². The minimum absolute atomic E-state index is 0.559. The molecule has 0 aromatic carbocycles. The fourth-order valence-corrected chi connectivity index (χ4v) is 1.06. The molecule has 62 valence electrons. The van der Waals surface area contributed by atoms with Crippen molar-refractivity contribution in [2.24, 2.45) is 5.41 Å². The molecule has 1 rings (SSSR count). The normalized spacial score (nSPS) is 20.4. The molecule has 0 aromatic heterocycles. The molecule has 0 bridgehead atoms. The first-order valence-electron chi connectivity index (χ1n) is 3.90. The van der Waals surface area contributed by atoms with Gasteiger partial charge in [-0.3, -0.25) is 0 Å². The summed E-state index contributed by atoms with van der Waals surface area (Å²) in [5.74, 6) is 2.77. The summed E-state index contributed by atoms with van der Waals surface area (Å²) in [5.41, 5.74) is -0.955. The Kier molecular flexibility index (Phi) is 1.92. The standard InChI is InChI=1S/C9H12F2/c1-3-4-5-9(6-7-9)8(2,10)11/h3,6-7H2,1-2H3. The van der Waals surface area contributed by atoms with Crippen LogP contribution in [-0.2, 0) is 0 Å². The minimum atomic E-state index is -2.62. The molecule has 11 heavy (non-hydrogen) atoms. The van der Waals surface area contributed by atoms with Gasteiger partial charge in [0.15, 0.2) is 0 Å². The van der Waals surface area contributed by atoms with E-state index >= 15 is 0 Å². The van der Waals surface area contributed by atoms with Crippen LogP contribution in [0.15, 0.2) is 0 Å². The van der Waals surface area contributed by atoms with E-state index in [1.54, 1.807) is 0 Å². The molecule has 0 aliphatic heterocycles. The van der Waals surface area contributed by atoms with E-state index in [2.05, 4.69) is 11.8 Å². The monoisotopic (exact) mass is 158 g/mol. The van der Waals surface area contributed by atoms with Crippen molar-refractivity contribution in [3.05, 3.63) is 0 Å². The van der Waals surface area contributed by atoms with Gasteiger partial charge in [0, 0.05) is 13.3 Å². The van der Waals surface area contributed by atoms with Crippen LogP contribution in [0.1, 0.15) is 33.1 Å². The zero-order valence-electron chi connectivity index (χ0n) is 6.88. The molecule has 1 aliphatic carbocycles. The van der Waals surface area contributed by atoms with Gasteiger partial charge in [-0.1, -0.05) is 12.8 Å². The lowest BCUT2D eigenvalue weighted by Gasteiger charge is -2.16. The van der Waals surface area contributed by atoms with Crippen LogP contribution in [-0.4, -0.2) is 5.92 Å². The highest BCUT2D eigenvalue weighted by atomic mass is 19.3. The number of alkyl halides is 2. The van der Waals surface area contributed by atoms with E-state index < -0.39 is 11.3 Å². The molecule has 0 unspecified atom stereocenters. The molecule has 0 aromatic rings. The smallest absolute Gasteiger partial charge is 0.205 e. The third kappa shape index (κ3) is 1.53. The van der Waals surface area contributed by atoms with Crippen molar-refractivity contribution in [3.8, 4) is 11.8 Å². The molecule has 0 amide bonds. The second-order valence-corrected chi connectivity index (χ2v) is 3.13. The van der Waals surface area contributed by atoms with Gasteiger partial charge in [0.1, 0.15) is 0 Å². The highest BCUT2D eigenvalue weighted by Crippen LogP contribution is 2.56. The summed E-state index contributed by atoms with van der Waals surface area (Å²) >= 11 is 0. The Balaban J connectivity index is 2.69. The second-order valence-electron chi connectivity index (χ2n) is 3.13. The van der Waals surface area contributed by atoms with Crippen LogP contribution in [0.3, 0.4) is 0 Å². The predicted molar refractivity (Wildman–Crippen MR) is 40.4 cm³/mol. The SMILES string of the molecule is CCC#CC1(C(C)(F)F)CC1. The largest absolute Gasteiger partial charge is 0.261 e. The summed E-state index contributed by atoms with van der Waals surface area (Å²) in [6.07, 6.45) is 1.78. The van der Waals surface area contributed by atoms with E-state index in [1.807, 2.05) is 6.92 Å². The van der Waals surface area contributed by atoms with E-state index in [4.69, 9.17) is 0 Å². The Hall–Kier alpha value is -0.580. The third-order valence-electron chi connectivity index (χ3n) is 2.09. The van der Waals surface area contributed by atoms with Crippen molar-refractivity contribution < 1.29 is 8.78 Å². The van der Waals surface area contributed by atoms with Crippen LogP contribution >= 0.6 is 0 Å². The molecule has 0 spiro atoms. The maximum absolute atomic E-state index is 12.8. The molecule has 2 heteroatoms. The summed E-state index contributed by atoms with van der Waals surface area (Å²) in [6.45, 7) is 2.83. The van der Waals surface area contributed by atoms with Crippen LogP contribution in [0.25, 0.3) is 0 Å². The highest BCUT2D eigenvalue weighted by molar-refractivity contribution is 5.23. The van der Waals surface area contributed by atoms with E-state index in [9.17, 15) is 8.78 Å². The van der Waals surface area contributed by atoms with Gasteiger partial charge < -0.3 is 0 Å². The Morgan fingerprint density at radius 3 is 2.27 bits per heavy atom. The second kappa shape index (κ2) is 2.48. The van der Waals surface area contributed by atoms with Gasteiger partial charge in [-0.15, -0.1) is 5.92 Å². The number of rotatable bonds is 1. The summed E-state index contributed by atoms with van der Waals surface area (Å²) in [4.78, 5) is 0. The van der Waals surface area contributed by atoms with Gasteiger partial charge in [-0.25, -0.2) is 8.78 Å². The molecule has 1 fully saturated rings. The van der Waals surface area contributed by atoms with Crippen molar-refractivity contribution in [2.45, 2.75) is 39.0 Å². The highest BCUT2D eigenvalue weighted by Gasteiger charge is 2.58. The van der Waals surface area contributed by atoms with E-state index in [-0.39, 0.29) is 0 Å². The Bertz CT molecular complexity index is 198. The fourth-order valence-electron chi connectivity index (χ4n) is 1.06. The topological polar surface area (TPSA) is 0 Å². The summed E-state index contributed by atoms with van der Waals surface area (Å²) in [5, 5.41) is 0. The van der Waals surface area contributed by atoms with Gasteiger partial charge in [-0.2, -0.15) is 0 Å². The summed E-state index contributed by atoms with van der Waals surface area (Å²) in [6, 6.07) is 0. The van der Waals surface area contributed by atoms with Crippen LogP contribution in [0, 0.1) is 17.3 Å². The lowest BCUT2D eigenvalue weighted by molar-refractivity contribution is -0.0294. The first kappa shape index (κ1) is 8.52. The van der Waals surface area contributed by atoms with Crippen LogP contribution in [0.4, 0.5) is 8.78 Å². The minimum Gasteiger partial charge on any atom is -0.205 e. The van der Waals surface area contributed by atoms with E-state index in [1.165, 1.54) is 0 Å². The third-order valence-corrected chi connectivity index (χ3v) is 2.09. The van der Waals surface area contributed by atoms with E-state index in [0.29, 0.717) is 19.3 Å². The number of hydrogen-bond acceptors (Lipinski definition) is 0. The van der Waals surface area contributed by atoms with Crippen molar-refractivity contribution in [2.75, 3.05) is 0 Å². The zero-order chi connectivity index (χ0) is 8.54. The van der Waals surface area contributed by atoms with Crippen LogP contribution in [0.2, 0.25) is 0 Å². The van der Waals surface area contributed by atoms with Gasteiger partial charge in [0.25, 0.3) is 5.92 Å². The van der Waals surface area contributed by atoms with Gasteiger partial charge >= 0.3 is 0 Å². The van der Waals surface area contributed by atoms with Crippen molar-refractivity contribution in [1.29, 1.82) is 0 Å². The Labute approximate surface area is 66.0 Å². The molecule has 1 aliphatic rings. The van der Waals surface area contributed by atoms with Crippen molar-refractivity contribution >= 4 is 0 Å². The predicted octanol–water partition coefficient (Wildman–Crippen LogP) is 2.84. The first-order valence-corrected chi connectivity index (χ1v) is 3.90. The molecular weight excluding hydrogens is 146 g/mol. The quantitative estimate of drug-likeness (QED) is 0.515. The van der Waals surface area contributed by atoms with Gasteiger partial charge in [0.2, 0.25) is 0 Å². The summed E-state index contributed by atoms with van der Waals surface area (Å²) < 4.78 is 25.6. The molecule has 0 saturated heterocycles. The Morgan fingerprint density at radius 2 is 2.00 bits per heavy atom. The average Bonchev–Trinajstić information content (AvgIpc) is 2.61. The zero-order valence-corrected chi connectivity index (χ0v) is 6.88. The Morgan fingerprint density at radius 1 is 1.45 bits per heavy atom. The van der Waals surface area contributed by atoms with Gasteiger partial charge in [-0.05, 0) is 12.8 Å². The lowest BCUT2D eigenvalue weighted by Crippen LogP contribution is -2.24. The molecule has 0 radical (unpaired) electrons. The fraction of sp³-hybridized carbons (Fsp3) is 0.778. The van der Waals surface area contributed by atoms with Crippen molar-refractivity contribution in [1.82, 2.24) is 0 Å². The molecular formula is C9H12F2. The lowest BCUT2D eigenvalue weighted by atomic mass is 10.0. The van der Waals surface area contributed by atoms with E-state index in [0.717, 1.165) is 6.92 Å². The maximum atomic E-state index is 12.8. The molecule has 0 N–H and O–H groups in total. The maximum Gasteiger partial charge on any atom is 0.261 e. The summed E-state index contributed by atoms with van der Waals surface area (Å²) in [7, 11) is 0. The molecule has 0 heterocycles. The van der Waals surface area contributed by atoms with Crippen LogP contribution in [0.5, 0.6) is 0 Å². The van der Waals surface area contributed by atoms with Crippen molar-refractivity contribution in [3.63, 3.8) is 0 Å². The van der Waals surface area contributed by atoms with Crippen LogP contribution < -0.4 is 0 Å². The molecule has 0 nitrogen and oxygen atoms in total. The first-order chi connectivity index (χ1) is 5.02. The molecule has 1 saturated carbocycles.